The van der Waals surface area contributed by atoms with E-state index in [9.17, 15) is 0 Å². The van der Waals surface area contributed by atoms with Gasteiger partial charge in [0.25, 0.3) is 0 Å². The molecule has 1 aromatic rings. The zero-order chi connectivity index (χ0) is 15.4. The molecule has 3 nitrogen and oxygen atoms in total. The summed E-state index contributed by atoms with van der Waals surface area (Å²) in [6.45, 7) is 10.1. The van der Waals surface area contributed by atoms with E-state index in [1.807, 2.05) is 0 Å². The van der Waals surface area contributed by atoms with Crippen LogP contribution in [-0.4, -0.2) is 22.4 Å². The Morgan fingerprint density at radius 2 is 2.10 bits per heavy atom. The first-order chi connectivity index (χ1) is 9.99. The number of nitrogens with one attached hydrogen (secondary N) is 1. The molecular weight excluding hydrogens is 258 g/mol. The third-order valence-corrected chi connectivity index (χ3v) is 5.18. The van der Waals surface area contributed by atoms with E-state index in [1.54, 1.807) is 0 Å². The lowest BCUT2D eigenvalue weighted by molar-refractivity contribution is 0.167. The van der Waals surface area contributed by atoms with Gasteiger partial charge in [-0.15, -0.1) is 0 Å². The van der Waals surface area contributed by atoms with Gasteiger partial charge in [0, 0.05) is 18.8 Å². The fourth-order valence-electron chi connectivity index (χ4n) is 3.82. The molecule has 21 heavy (non-hydrogen) atoms. The first kappa shape index (κ1) is 16.5. The fourth-order valence-corrected chi connectivity index (χ4v) is 3.82. The van der Waals surface area contributed by atoms with Crippen LogP contribution in [0.25, 0.3) is 0 Å². The predicted molar refractivity (Wildman–Crippen MR) is 89.4 cm³/mol. The Morgan fingerprint density at radius 1 is 1.33 bits per heavy atom. The molecule has 0 saturated heterocycles. The van der Waals surface area contributed by atoms with Gasteiger partial charge in [-0.2, -0.15) is 5.10 Å². The molecule has 1 aromatic heterocycles. The first-order valence-corrected chi connectivity index (χ1v) is 8.72. The van der Waals surface area contributed by atoms with Crippen LogP contribution in [0.3, 0.4) is 0 Å². The third kappa shape index (κ3) is 4.57. The van der Waals surface area contributed by atoms with Crippen LogP contribution in [0.5, 0.6) is 0 Å². The van der Waals surface area contributed by atoms with Gasteiger partial charge in [-0.05, 0) is 56.6 Å². The molecule has 120 valence electrons. The summed E-state index contributed by atoms with van der Waals surface area (Å²) in [5.41, 5.74) is 2.55. The van der Waals surface area contributed by atoms with Gasteiger partial charge in [0.2, 0.25) is 0 Å². The number of hydrogen-bond donors (Lipinski definition) is 1. The van der Waals surface area contributed by atoms with E-state index in [2.05, 4.69) is 55.9 Å². The van der Waals surface area contributed by atoms with Gasteiger partial charge < -0.3 is 5.32 Å². The molecule has 1 fully saturated rings. The molecule has 3 unspecified atom stereocenters. The van der Waals surface area contributed by atoms with Gasteiger partial charge in [-0.3, -0.25) is 4.68 Å². The molecule has 0 aromatic carbocycles. The number of hydrogen-bond acceptors (Lipinski definition) is 2. The van der Waals surface area contributed by atoms with Crippen LogP contribution in [0.4, 0.5) is 0 Å². The predicted octanol–water partition coefficient (Wildman–Crippen LogP) is 3.71. The van der Waals surface area contributed by atoms with E-state index in [1.165, 1.54) is 44.3 Å². The Bertz CT molecular complexity index is 436. The van der Waals surface area contributed by atoms with Crippen molar-refractivity contribution in [2.45, 2.75) is 65.8 Å². The summed E-state index contributed by atoms with van der Waals surface area (Å²) in [5, 5.41) is 8.18. The molecular formula is C18H33N3. The number of aromatic nitrogens is 2. The van der Waals surface area contributed by atoms with Crippen LogP contribution in [0.15, 0.2) is 6.07 Å². The minimum absolute atomic E-state index is 0.591. The fraction of sp³-hybridized carbons (Fsp3) is 0.833. The van der Waals surface area contributed by atoms with Gasteiger partial charge in [0.1, 0.15) is 0 Å². The van der Waals surface area contributed by atoms with E-state index >= 15 is 0 Å². The van der Waals surface area contributed by atoms with Gasteiger partial charge in [0.05, 0.1) is 5.69 Å². The van der Waals surface area contributed by atoms with Crippen LogP contribution in [0, 0.1) is 24.7 Å². The van der Waals surface area contributed by atoms with Crippen molar-refractivity contribution in [3.63, 3.8) is 0 Å². The number of nitrogens with zero attached hydrogens (tertiary/aromatic N) is 2. The lowest BCUT2D eigenvalue weighted by Gasteiger charge is -2.36. The zero-order valence-corrected chi connectivity index (χ0v) is 14.5. The van der Waals surface area contributed by atoms with Crippen molar-refractivity contribution in [1.82, 2.24) is 15.1 Å². The standard InChI is InChI=1S/C18H33N3/c1-6-15-7-8-16(12-19-13(2)3)17(10-15)11-18-9-14(4)20-21(18)5/h9,13,15-17,19H,6-8,10-12H2,1-5H3. The van der Waals surface area contributed by atoms with Gasteiger partial charge in [-0.1, -0.05) is 33.6 Å². The molecule has 1 aliphatic carbocycles. The molecule has 3 atom stereocenters. The third-order valence-electron chi connectivity index (χ3n) is 5.18. The van der Waals surface area contributed by atoms with Crippen molar-refractivity contribution in [3.8, 4) is 0 Å². The van der Waals surface area contributed by atoms with E-state index in [0.29, 0.717) is 6.04 Å². The Balaban J connectivity index is 2.03. The van der Waals surface area contributed by atoms with Crippen LogP contribution in [-0.2, 0) is 13.5 Å². The smallest absolute Gasteiger partial charge is 0.0596 e. The highest BCUT2D eigenvalue weighted by Gasteiger charge is 2.30. The minimum Gasteiger partial charge on any atom is -0.314 e. The topological polar surface area (TPSA) is 29.9 Å². The molecule has 3 heteroatoms. The Hall–Kier alpha value is -0.830. The molecule has 1 saturated carbocycles. The summed E-state index contributed by atoms with van der Waals surface area (Å²) in [5.74, 6) is 2.56. The first-order valence-electron chi connectivity index (χ1n) is 8.72. The Morgan fingerprint density at radius 3 is 2.67 bits per heavy atom. The van der Waals surface area contributed by atoms with Crippen LogP contribution in [0.2, 0.25) is 0 Å². The molecule has 1 N–H and O–H groups in total. The zero-order valence-electron chi connectivity index (χ0n) is 14.5. The average Bonchev–Trinajstić information content (AvgIpc) is 2.75. The van der Waals surface area contributed by atoms with Crippen molar-refractivity contribution in [2.24, 2.45) is 24.8 Å². The van der Waals surface area contributed by atoms with Gasteiger partial charge >= 0.3 is 0 Å². The van der Waals surface area contributed by atoms with E-state index < -0.39 is 0 Å². The SMILES string of the molecule is CCC1CCC(CNC(C)C)C(Cc2cc(C)nn2C)C1. The largest absolute Gasteiger partial charge is 0.314 e. The lowest BCUT2D eigenvalue weighted by Crippen LogP contribution is -2.37. The monoisotopic (exact) mass is 291 g/mol. The molecule has 0 aliphatic heterocycles. The van der Waals surface area contributed by atoms with Crippen LogP contribution in [0.1, 0.15) is 57.8 Å². The van der Waals surface area contributed by atoms with Crippen LogP contribution < -0.4 is 5.32 Å². The van der Waals surface area contributed by atoms with Crippen molar-refractivity contribution in [3.05, 3.63) is 17.5 Å². The molecule has 2 rings (SSSR count). The maximum Gasteiger partial charge on any atom is 0.0596 e. The van der Waals surface area contributed by atoms with E-state index in [4.69, 9.17) is 0 Å². The summed E-state index contributed by atoms with van der Waals surface area (Å²) >= 11 is 0. The van der Waals surface area contributed by atoms with Crippen molar-refractivity contribution < 1.29 is 0 Å². The second-order valence-corrected chi connectivity index (χ2v) is 7.28. The molecule has 0 bridgehead atoms. The molecule has 1 aliphatic rings. The quantitative estimate of drug-likeness (QED) is 0.866. The minimum atomic E-state index is 0.591. The number of aryl methyl sites for hydroxylation is 2. The second kappa shape index (κ2) is 7.44. The highest BCUT2D eigenvalue weighted by molar-refractivity contribution is 5.10. The van der Waals surface area contributed by atoms with Gasteiger partial charge in [0.15, 0.2) is 0 Å². The summed E-state index contributed by atoms with van der Waals surface area (Å²) in [6, 6.07) is 2.86. The van der Waals surface area contributed by atoms with Gasteiger partial charge in [-0.25, -0.2) is 0 Å². The second-order valence-electron chi connectivity index (χ2n) is 7.28. The maximum absolute atomic E-state index is 4.52. The molecule has 0 radical (unpaired) electrons. The lowest BCUT2D eigenvalue weighted by atomic mass is 9.71. The summed E-state index contributed by atoms with van der Waals surface area (Å²) in [4.78, 5) is 0. The molecule has 0 amide bonds. The van der Waals surface area contributed by atoms with Crippen molar-refractivity contribution in [1.29, 1.82) is 0 Å². The normalized spacial score (nSPS) is 26.5. The highest BCUT2D eigenvalue weighted by atomic mass is 15.3. The van der Waals surface area contributed by atoms with Crippen LogP contribution >= 0.6 is 0 Å². The van der Waals surface area contributed by atoms with Crippen molar-refractivity contribution in [2.75, 3.05) is 6.54 Å². The Kier molecular flexibility index (Phi) is 5.86. The van der Waals surface area contributed by atoms with E-state index in [-0.39, 0.29) is 0 Å². The Labute approximate surface area is 130 Å². The summed E-state index contributed by atoms with van der Waals surface area (Å²) in [6.07, 6.45) is 6.73. The average molecular weight is 291 g/mol. The molecule has 1 heterocycles. The molecule has 0 spiro atoms. The summed E-state index contributed by atoms with van der Waals surface area (Å²) in [7, 11) is 2.09. The maximum atomic E-state index is 4.52. The van der Waals surface area contributed by atoms with Crippen molar-refractivity contribution >= 4 is 0 Å². The summed E-state index contributed by atoms with van der Waals surface area (Å²) < 4.78 is 2.08. The highest BCUT2D eigenvalue weighted by Crippen LogP contribution is 2.37. The van der Waals surface area contributed by atoms with E-state index in [0.717, 1.165) is 23.4 Å². The number of rotatable bonds is 6.